The Morgan fingerprint density at radius 2 is 2.38 bits per heavy atom. The van der Waals surface area contributed by atoms with Crippen molar-refractivity contribution in [1.82, 2.24) is 5.32 Å². The number of carbonyl (C=O) groups excluding carboxylic acids is 1. The molecule has 0 bridgehead atoms. The van der Waals surface area contributed by atoms with E-state index in [1.807, 2.05) is 18.2 Å². The van der Waals surface area contributed by atoms with Crippen LogP contribution in [0.25, 0.3) is 0 Å². The van der Waals surface area contributed by atoms with Crippen molar-refractivity contribution in [2.45, 2.75) is 6.42 Å². The minimum atomic E-state index is -0.0721. The van der Waals surface area contributed by atoms with E-state index in [-0.39, 0.29) is 5.91 Å². The number of hydrogen-bond donors (Lipinski definition) is 2. The zero-order chi connectivity index (χ0) is 11.5. The predicted molar refractivity (Wildman–Crippen MR) is 69.0 cm³/mol. The molecule has 2 N–H and O–H groups in total. The average molecular weight is 281 g/mol. The molecular weight excluding hydrogens is 268 g/mol. The average Bonchev–Trinajstić information content (AvgIpc) is 2.72. The minimum absolute atomic E-state index is 0.0721. The van der Waals surface area contributed by atoms with Gasteiger partial charge >= 0.3 is 0 Å². The normalized spacial score (nSPS) is 12.8. The maximum atomic E-state index is 11.7. The first-order valence-electron chi connectivity index (χ1n) is 5.15. The fraction of sp³-hybridized carbons (Fsp3) is 0.250. The van der Waals surface area contributed by atoms with Gasteiger partial charge in [-0.25, -0.2) is 0 Å². The largest absolute Gasteiger partial charge is 0.384 e. The van der Waals surface area contributed by atoms with E-state index in [1.54, 1.807) is 0 Å². The van der Waals surface area contributed by atoms with Crippen LogP contribution in [0, 0.1) is 0 Å². The molecule has 3 nitrogen and oxygen atoms in total. The molecule has 1 heterocycles. The molecule has 1 amide bonds. The number of nitrogens with one attached hydrogen (secondary N) is 2. The van der Waals surface area contributed by atoms with Gasteiger partial charge in [0.1, 0.15) is 0 Å². The van der Waals surface area contributed by atoms with Crippen molar-refractivity contribution in [3.05, 3.63) is 40.4 Å². The van der Waals surface area contributed by atoms with E-state index in [4.69, 9.17) is 0 Å². The highest BCUT2D eigenvalue weighted by atomic mass is 79.9. The third-order valence-electron chi connectivity index (χ3n) is 2.52. The number of fused-ring (bicyclic) bond motifs is 1. The summed E-state index contributed by atoms with van der Waals surface area (Å²) < 4.78 is 0.764. The van der Waals surface area contributed by atoms with E-state index in [0.29, 0.717) is 12.1 Å². The van der Waals surface area contributed by atoms with E-state index >= 15 is 0 Å². The van der Waals surface area contributed by atoms with E-state index in [1.165, 1.54) is 5.56 Å². The molecule has 0 saturated heterocycles. The summed E-state index contributed by atoms with van der Waals surface area (Å²) in [5.41, 5.74) is 3.04. The third-order valence-corrected chi connectivity index (χ3v) is 2.80. The smallest absolute Gasteiger partial charge is 0.251 e. The summed E-state index contributed by atoms with van der Waals surface area (Å²) in [6, 6.07) is 5.76. The SMILES string of the molecule is C=C(Br)CNC(=O)c1ccc2c(c1)NCC2. The molecule has 1 aliphatic heterocycles. The lowest BCUT2D eigenvalue weighted by Gasteiger charge is -2.06. The Kier molecular flexibility index (Phi) is 3.29. The van der Waals surface area contributed by atoms with Gasteiger partial charge in [-0.3, -0.25) is 4.79 Å². The van der Waals surface area contributed by atoms with Gasteiger partial charge in [0, 0.05) is 28.8 Å². The summed E-state index contributed by atoms with van der Waals surface area (Å²) in [4.78, 5) is 11.7. The fourth-order valence-electron chi connectivity index (χ4n) is 1.71. The fourth-order valence-corrected chi connectivity index (χ4v) is 1.85. The standard InChI is InChI=1S/C12H13BrN2O/c1-8(13)7-15-12(16)10-3-2-9-4-5-14-11(9)6-10/h2-3,6,14H,1,4-5,7H2,(H,15,16). The van der Waals surface area contributed by atoms with Gasteiger partial charge in [0.05, 0.1) is 0 Å². The van der Waals surface area contributed by atoms with Gasteiger partial charge in [-0.15, -0.1) is 0 Å². The topological polar surface area (TPSA) is 41.1 Å². The van der Waals surface area contributed by atoms with Crippen molar-refractivity contribution in [3.8, 4) is 0 Å². The number of hydrogen-bond acceptors (Lipinski definition) is 2. The van der Waals surface area contributed by atoms with Gasteiger partial charge in [0.2, 0.25) is 0 Å². The van der Waals surface area contributed by atoms with E-state index in [2.05, 4.69) is 33.1 Å². The van der Waals surface area contributed by atoms with E-state index < -0.39 is 0 Å². The maximum absolute atomic E-state index is 11.7. The summed E-state index contributed by atoms with van der Waals surface area (Å²) >= 11 is 3.20. The Hall–Kier alpha value is -1.29. The Morgan fingerprint density at radius 3 is 3.12 bits per heavy atom. The summed E-state index contributed by atoms with van der Waals surface area (Å²) in [5.74, 6) is -0.0721. The van der Waals surface area contributed by atoms with Gasteiger partial charge in [-0.05, 0) is 24.1 Å². The van der Waals surface area contributed by atoms with Crippen LogP contribution < -0.4 is 10.6 Å². The number of rotatable bonds is 3. The second-order valence-electron chi connectivity index (χ2n) is 3.75. The number of carbonyl (C=O) groups is 1. The first-order chi connectivity index (χ1) is 7.66. The molecule has 0 radical (unpaired) electrons. The Morgan fingerprint density at radius 1 is 1.56 bits per heavy atom. The van der Waals surface area contributed by atoms with Crippen molar-refractivity contribution in [2.24, 2.45) is 0 Å². The number of halogens is 1. The molecule has 16 heavy (non-hydrogen) atoms. The maximum Gasteiger partial charge on any atom is 0.251 e. The quantitative estimate of drug-likeness (QED) is 0.892. The lowest BCUT2D eigenvalue weighted by molar-refractivity contribution is 0.0958. The van der Waals surface area contributed by atoms with Crippen molar-refractivity contribution in [1.29, 1.82) is 0 Å². The van der Waals surface area contributed by atoms with Crippen LogP contribution in [0.1, 0.15) is 15.9 Å². The third kappa shape index (κ3) is 2.44. The van der Waals surface area contributed by atoms with Crippen LogP contribution in [0.2, 0.25) is 0 Å². The minimum Gasteiger partial charge on any atom is -0.384 e. The van der Waals surface area contributed by atoms with E-state index in [0.717, 1.165) is 23.1 Å². The van der Waals surface area contributed by atoms with Crippen LogP contribution in [0.3, 0.4) is 0 Å². The molecule has 0 unspecified atom stereocenters. The lowest BCUT2D eigenvalue weighted by Crippen LogP contribution is -2.24. The van der Waals surface area contributed by atoms with Crippen LogP contribution in [0.4, 0.5) is 5.69 Å². The van der Waals surface area contributed by atoms with Crippen LogP contribution >= 0.6 is 15.9 Å². The van der Waals surface area contributed by atoms with E-state index in [9.17, 15) is 4.79 Å². The van der Waals surface area contributed by atoms with Gasteiger partial charge in [-0.2, -0.15) is 0 Å². The van der Waals surface area contributed by atoms with Gasteiger partial charge in [0.25, 0.3) is 5.91 Å². The zero-order valence-electron chi connectivity index (χ0n) is 8.85. The first kappa shape index (κ1) is 11.2. The monoisotopic (exact) mass is 280 g/mol. The van der Waals surface area contributed by atoms with Crippen LogP contribution in [0.5, 0.6) is 0 Å². The Labute approximate surface area is 103 Å². The molecule has 0 aliphatic carbocycles. The molecule has 0 fully saturated rings. The molecule has 1 aromatic rings. The summed E-state index contributed by atoms with van der Waals surface area (Å²) in [6.45, 7) is 5.07. The molecule has 4 heteroatoms. The zero-order valence-corrected chi connectivity index (χ0v) is 10.4. The molecule has 1 aliphatic rings. The number of anilines is 1. The molecule has 0 spiro atoms. The van der Waals surface area contributed by atoms with Crippen molar-refractivity contribution < 1.29 is 4.79 Å². The van der Waals surface area contributed by atoms with Crippen molar-refractivity contribution in [2.75, 3.05) is 18.4 Å². The number of amides is 1. The van der Waals surface area contributed by atoms with Crippen molar-refractivity contribution >= 4 is 27.5 Å². The Bertz CT molecular complexity index is 443. The van der Waals surface area contributed by atoms with Crippen LogP contribution in [0.15, 0.2) is 29.3 Å². The molecular formula is C12H13BrN2O. The second-order valence-corrected chi connectivity index (χ2v) is 4.87. The highest BCUT2D eigenvalue weighted by molar-refractivity contribution is 9.11. The van der Waals surface area contributed by atoms with Crippen LogP contribution in [-0.4, -0.2) is 19.0 Å². The first-order valence-corrected chi connectivity index (χ1v) is 5.94. The van der Waals surface area contributed by atoms with Crippen LogP contribution in [-0.2, 0) is 6.42 Å². The molecule has 2 rings (SSSR count). The summed E-state index contributed by atoms with van der Waals surface area (Å²) in [7, 11) is 0. The van der Waals surface area contributed by atoms with Gasteiger partial charge < -0.3 is 10.6 Å². The van der Waals surface area contributed by atoms with Gasteiger partial charge in [0.15, 0.2) is 0 Å². The van der Waals surface area contributed by atoms with Gasteiger partial charge in [-0.1, -0.05) is 28.6 Å². The summed E-state index contributed by atoms with van der Waals surface area (Å²) in [6.07, 6.45) is 1.04. The number of benzene rings is 1. The lowest BCUT2D eigenvalue weighted by atomic mass is 10.1. The highest BCUT2D eigenvalue weighted by Gasteiger charge is 2.12. The van der Waals surface area contributed by atoms with Crippen molar-refractivity contribution in [3.63, 3.8) is 0 Å². The molecule has 0 aromatic heterocycles. The second kappa shape index (κ2) is 4.70. The molecule has 1 aromatic carbocycles. The predicted octanol–water partition coefficient (Wildman–Crippen LogP) is 2.29. The molecule has 0 saturated carbocycles. The summed E-state index contributed by atoms with van der Waals surface area (Å²) in [5, 5.41) is 6.03. The highest BCUT2D eigenvalue weighted by Crippen LogP contribution is 2.23. The Balaban J connectivity index is 2.09. The molecule has 0 atom stereocenters. The molecule has 84 valence electrons.